The lowest BCUT2D eigenvalue weighted by Crippen LogP contribution is -1.98. The average Bonchev–Trinajstić information content (AvgIpc) is 2.47. The van der Waals surface area contributed by atoms with Crippen molar-refractivity contribution in [3.8, 4) is 17.6 Å². The first kappa shape index (κ1) is 14.2. The highest BCUT2D eigenvalue weighted by Crippen LogP contribution is 2.16. The Labute approximate surface area is 120 Å². The second-order valence-electron chi connectivity index (χ2n) is 4.75. The number of benzene rings is 2. The molecule has 0 saturated carbocycles. The maximum Gasteiger partial charge on any atom is 0.119 e. The second-order valence-corrected chi connectivity index (χ2v) is 4.75. The van der Waals surface area contributed by atoms with Gasteiger partial charge in [0.25, 0.3) is 0 Å². The van der Waals surface area contributed by atoms with E-state index in [-0.39, 0.29) is 0 Å². The molecule has 20 heavy (non-hydrogen) atoms. The van der Waals surface area contributed by atoms with Crippen LogP contribution in [0.5, 0.6) is 5.75 Å². The van der Waals surface area contributed by atoms with Crippen molar-refractivity contribution in [2.24, 2.45) is 5.73 Å². The van der Waals surface area contributed by atoms with Gasteiger partial charge >= 0.3 is 0 Å². The summed E-state index contributed by atoms with van der Waals surface area (Å²) in [6.07, 6.45) is 0. The molecular formula is C18H19NO. The first-order chi connectivity index (χ1) is 9.69. The van der Waals surface area contributed by atoms with Crippen molar-refractivity contribution in [1.29, 1.82) is 0 Å². The maximum absolute atomic E-state index is 5.81. The van der Waals surface area contributed by atoms with Crippen LogP contribution in [0.4, 0.5) is 0 Å². The summed E-state index contributed by atoms with van der Waals surface area (Å²) in [6, 6.07) is 14.2. The second kappa shape index (κ2) is 6.79. The Kier molecular flexibility index (Phi) is 4.81. The Morgan fingerprint density at radius 1 is 1.05 bits per heavy atom. The van der Waals surface area contributed by atoms with Gasteiger partial charge in [-0.3, -0.25) is 0 Å². The fourth-order valence-corrected chi connectivity index (χ4v) is 1.90. The molecule has 2 N–H and O–H groups in total. The quantitative estimate of drug-likeness (QED) is 0.865. The average molecular weight is 265 g/mol. The van der Waals surface area contributed by atoms with Crippen molar-refractivity contribution >= 4 is 0 Å². The van der Waals surface area contributed by atoms with Crippen LogP contribution < -0.4 is 10.5 Å². The molecule has 0 aliphatic heterocycles. The SMILES string of the molecule is Cc1ccc(C)c(COc2ccc(C#CCN)cc2)c1. The smallest absolute Gasteiger partial charge is 0.119 e. The largest absolute Gasteiger partial charge is 0.489 e. The fraction of sp³-hybridized carbons (Fsp3) is 0.222. The van der Waals surface area contributed by atoms with Gasteiger partial charge in [0.05, 0.1) is 6.54 Å². The summed E-state index contributed by atoms with van der Waals surface area (Å²) in [5.74, 6) is 6.67. The highest BCUT2D eigenvalue weighted by Gasteiger charge is 2.00. The minimum absolute atomic E-state index is 0.380. The van der Waals surface area contributed by atoms with E-state index in [1.165, 1.54) is 16.7 Å². The first-order valence-electron chi connectivity index (χ1n) is 6.67. The van der Waals surface area contributed by atoms with Crippen molar-refractivity contribution < 1.29 is 4.74 Å². The standard InChI is InChI=1S/C18H19NO/c1-14-5-6-15(2)17(12-14)13-20-18-9-7-16(8-10-18)4-3-11-19/h5-10,12H,11,13,19H2,1-2H3. The van der Waals surface area contributed by atoms with Crippen molar-refractivity contribution in [3.05, 3.63) is 64.7 Å². The van der Waals surface area contributed by atoms with Crippen LogP contribution in [0, 0.1) is 25.7 Å². The van der Waals surface area contributed by atoms with E-state index in [4.69, 9.17) is 10.5 Å². The zero-order chi connectivity index (χ0) is 14.4. The Bertz CT molecular complexity index is 633. The molecule has 0 aromatic heterocycles. The molecule has 0 bridgehead atoms. The van der Waals surface area contributed by atoms with E-state index in [2.05, 4.69) is 43.9 Å². The molecule has 0 amide bonds. The van der Waals surface area contributed by atoms with Gasteiger partial charge in [-0.25, -0.2) is 0 Å². The normalized spacial score (nSPS) is 9.75. The highest BCUT2D eigenvalue weighted by atomic mass is 16.5. The van der Waals surface area contributed by atoms with E-state index in [0.29, 0.717) is 13.2 Å². The topological polar surface area (TPSA) is 35.2 Å². The molecule has 2 aromatic rings. The first-order valence-corrected chi connectivity index (χ1v) is 6.67. The minimum Gasteiger partial charge on any atom is -0.489 e. The molecule has 2 heteroatoms. The van der Waals surface area contributed by atoms with Crippen LogP contribution in [0.15, 0.2) is 42.5 Å². The molecular weight excluding hydrogens is 246 g/mol. The number of rotatable bonds is 3. The van der Waals surface area contributed by atoms with Crippen molar-refractivity contribution in [3.63, 3.8) is 0 Å². The molecule has 2 aromatic carbocycles. The summed E-state index contributed by atoms with van der Waals surface area (Å²) >= 11 is 0. The molecule has 102 valence electrons. The Morgan fingerprint density at radius 3 is 2.50 bits per heavy atom. The number of aryl methyl sites for hydroxylation is 2. The zero-order valence-corrected chi connectivity index (χ0v) is 11.9. The Morgan fingerprint density at radius 2 is 1.80 bits per heavy atom. The molecule has 0 aliphatic carbocycles. The van der Waals surface area contributed by atoms with E-state index < -0.39 is 0 Å². The molecule has 0 aliphatic rings. The lowest BCUT2D eigenvalue weighted by atomic mass is 10.1. The Hall–Kier alpha value is -2.24. The molecule has 0 heterocycles. The summed E-state index contributed by atoms with van der Waals surface area (Å²) in [4.78, 5) is 0. The van der Waals surface area contributed by atoms with Crippen LogP contribution in [0.2, 0.25) is 0 Å². The summed E-state index contributed by atoms with van der Waals surface area (Å²) < 4.78 is 5.81. The van der Waals surface area contributed by atoms with Gasteiger partial charge in [-0.1, -0.05) is 35.6 Å². The van der Waals surface area contributed by atoms with Crippen LogP contribution in [0.25, 0.3) is 0 Å². The van der Waals surface area contributed by atoms with Crippen molar-refractivity contribution in [1.82, 2.24) is 0 Å². The number of ether oxygens (including phenoxy) is 1. The van der Waals surface area contributed by atoms with Gasteiger partial charge in [-0.2, -0.15) is 0 Å². The van der Waals surface area contributed by atoms with Gasteiger partial charge < -0.3 is 10.5 Å². The van der Waals surface area contributed by atoms with Crippen molar-refractivity contribution in [2.45, 2.75) is 20.5 Å². The van der Waals surface area contributed by atoms with Gasteiger partial charge in [-0.05, 0) is 49.2 Å². The number of hydrogen-bond acceptors (Lipinski definition) is 2. The molecule has 2 nitrogen and oxygen atoms in total. The summed E-state index contributed by atoms with van der Waals surface area (Å²) in [5.41, 5.74) is 10.0. The van der Waals surface area contributed by atoms with Gasteiger partial charge in [0.2, 0.25) is 0 Å². The summed E-state index contributed by atoms with van der Waals surface area (Å²) in [6.45, 7) is 5.16. The summed E-state index contributed by atoms with van der Waals surface area (Å²) in [7, 11) is 0. The third kappa shape index (κ3) is 3.88. The molecule has 0 saturated heterocycles. The van der Waals surface area contributed by atoms with E-state index in [1.54, 1.807) is 0 Å². The van der Waals surface area contributed by atoms with Crippen LogP contribution >= 0.6 is 0 Å². The summed E-state index contributed by atoms with van der Waals surface area (Å²) in [5, 5.41) is 0. The van der Waals surface area contributed by atoms with E-state index in [1.807, 2.05) is 24.3 Å². The highest BCUT2D eigenvalue weighted by molar-refractivity contribution is 5.38. The van der Waals surface area contributed by atoms with Crippen LogP contribution in [0.3, 0.4) is 0 Å². The van der Waals surface area contributed by atoms with Gasteiger partial charge in [0, 0.05) is 5.56 Å². The zero-order valence-electron chi connectivity index (χ0n) is 11.9. The van der Waals surface area contributed by atoms with E-state index >= 15 is 0 Å². The Balaban J connectivity index is 2.02. The molecule has 0 fully saturated rings. The lowest BCUT2D eigenvalue weighted by Gasteiger charge is -2.09. The minimum atomic E-state index is 0.380. The maximum atomic E-state index is 5.81. The van der Waals surface area contributed by atoms with Gasteiger partial charge in [0.15, 0.2) is 0 Å². The van der Waals surface area contributed by atoms with E-state index in [0.717, 1.165) is 11.3 Å². The lowest BCUT2D eigenvalue weighted by molar-refractivity contribution is 0.305. The number of hydrogen-bond donors (Lipinski definition) is 1. The van der Waals surface area contributed by atoms with Gasteiger partial charge in [0.1, 0.15) is 12.4 Å². The third-order valence-electron chi connectivity index (χ3n) is 3.09. The fourth-order valence-electron chi connectivity index (χ4n) is 1.90. The van der Waals surface area contributed by atoms with E-state index in [9.17, 15) is 0 Å². The number of nitrogens with two attached hydrogens (primary N) is 1. The third-order valence-corrected chi connectivity index (χ3v) is 3.09. The van der Waals surface area contributed by atoms with Crippen LogP contribution in [-0.4, -0.2) is 6.54 Å². The van der Waals surface area contributed by atoms with Crippen LogP contribution in [-0.2, 0) is 6.61 Å². The predicted molar refractivity (Wildman–Crippen MR) is 82.6 cm³/mol. The molecule has 0 radical (unpaired) electrons. The molecule has 2 rings (SSSR count). The van der Waals surface area contributed by atoms with Crippen molar-refractivity contribution in [2.75, 3.05) is 6.54 Å². The predicted octanol–water partition coefficient (Wildman–Crippen LogP) is 3.19. The molecule has 0 unspecified atom stereocenters. The monoisotopic (exact) mass is 265 g/mol. The molecule has 0 atom stereocenters. The van der Waals surface area contributed by atoms with Gasteiger partial charge in [-0.15, -0.1) is 0 Å². The van der Waals surface area contributed by atoms with Crippen LogP contribution in [0.1, 0.15) is 22.3 Å². The molecule has 0 spiro atoms.